The highest BCUT2D eigenvalue weighted by Gasteiger charge is 2.02. The number of rotatable bonds is 7. The number of benzene rings is 2. The summed E-state index contributed by atoms with van der Waals surface area (Å²) in [6.07, 6.45) is 0.937. The molecular weight excluding hydrogens is 378 g/mol. The van der Waals surface area contributed by atoms with E-state index in [4.69, 9.17) is 11.5 Å². The zero-order chi connectivity index (χ0) is 19.5. The van der Waals surface area contributed by atoms with Crippen LogP contribution in [0.4, 0.5) is 11.4 Å². The summed E-state index contributed by atoms with van der Waals surface area (Å²) in [5, 5.41) is 3.64. The summed E-state index contributed by atoms with van der Waals surface area (Å²) in [5.74, 6) is 1.58. The number of nitrogens with zero attached hydrogens (tertiary/aromatic N) is 2. The molecule has 6 nitrogen and oxygen atoms in total. The molecule has 0 spiro atoms. The Morgan fingerprint density at radius 3 is 1.93 bits per heavy atom. The molecule has 0 heterocycles. The SMILES string of the molecule is CNC(=O)c1ccc(N=C(N)SCCCSC(N)=Nc2ccccc2)cc1. The fraction of sp³-hybridized carbons (Fsp3) is 0.211. The fourth-order valence-corrected chi connectivity index (χ4v) is 3.58. The predicted octanol–water partition coefficient (Wildman–Crippen LogP) is 3.50. The van der Waals surface area contributed by atoms with Gasteiger partial charge in [0.15, 0.2) is 10.3 Å². The Morgan fingerprint density at radius 1 is 0.889 bits per heavy atom. The van der Waals surface area contributed by atoms with E-state index in [-0.39, 0.29) is 5.91 Å². The molecule has 8 heteroatoms. The first-order valence-electron chi connectivity index (χ1n) is 8.39. The maximum atomic E-state index is 11.5. The molecular formula is C19H23N5OS2. The smallest absolute Gasteiger partial charge is 0.251 e. The van der Waals surface area contributed by atoms with Gasteiger partial charge in [-0.15, -0.1) is 0 Å². The van der Waals surface area contributed by atoms with Crippen LogP contribution in [0.3, 0.4) is 0 Å². The lowest BCUT2D eigenvalue weighted by atomic mass is 10.2. The van der Waals surface area contributed by atoms with E-state index in [0.717, 1.165) is 29.3 Å². The summed E-state index contributed by atoms with van der Waals surface area (Å²) in [6.45, 7) is 0. The first-order chi connectivity index (χ1) is 13.1. The molecule has 0 unspecified atom stereocenters. The van der Waals surface area contributed by atoms with Crippen LogP contribution in [0.15, 0.2) is 64.6 Å². The van der Waals surface area contributed by atoms with Crippen LogP contribution in [-0.2, 0) is 0 Å². The van der Waals surface area contributed by atoms with Crippen LogP contribution in [0.25, 0.3) is 0 Å². The van der Waals surface area contributed by atoms with Crippen LogP contribution < -0.4 is 16.8 Å². The van der Waals surface area contributed by atoms with Gasteiger partial charge in [0.2, 0.25) is 0 Å². The third kappa shape index (κ3) is 7.76. The molecule has 5 N–H and O–H groups in total. The lowest BCUT2D eigenvalue weighted by Crippen LogP contribution is -2.17. The lowest BCUT2D eigenvalue weighted by Gasteiger charge is -2.03. The number of para-hydroxylation sites is 1. The third-order valence-corrected chi connectivity index (χ3v) is 5.14. The number of carbonyl (C=O) groups excluding carboxylic acids is 1. The quantitative estimate of drug-likeness (QED) is 0.374. The zero-order valence-electron chi connectivity index (χ0n) is 15.1. The van der Waals surface area contributed by atoms with Crippen LogP contribution in [0, 0.1) is 0 Å². The first kappa shape index (κ1) is 20.9. The van der Waals surface area contributed by atoms with Crippen LogP contribution in [0.5, 0.6) is 0 Å². The number of carbonyl (C=O) groups is 1. The number of nitrogens with two attached hydrogens (primary N) is 2. The van der Waals surface area contributed by atoms with E-state index >= 15 is 0 Å². The number of thioether (sulfide) groups is 2. The minimum atomic E-state index is -0.125. The average Bonchev–Trinajstić information content (AvgIpc) is 2.68. The van der Waals surface area contributed by atoms with Crippen molar-refractivity contribution in [3.05, 3.63) is 60.2 Å². The van der Waals surface area contributed by atoms with Crippen LogP contribution in [0.1, 0.15) is 16.8 Å². The van der Waals surface area contributed by atoms with Crippen molar-refractivity contribution in [1.29, 1.82) is 0 Å². The van der Waals surface area contributed by atoms with Crippen molar-refractivity contribution in [3.8, 4) is 0 Å². The average molecular weight is 402 g/mol. The Balaban J connectivity index is 1.71. The molecule has 0 aliphatic rings. The number of aliphatic imine (C=N–C) groups is 2. The van der Waals surface area contributed by atoms with E-state index in [1.807, 2.05) is 30.3 Å². The van der Waals surface area contributed by atoms with Crippen LogP contribution >= 0.6 is 23.5 Å². The van der Waals surface area contributed by atoms with Gasteiger partial charge in [-0.05, 0) is 42.8 Å². The topological polar surface area (TPSA) is 106 Å². The van der Waals surface area contributed by atoms with Gasteiger partial charge in [0.05, 0.1) is 11.4 Å². The van der Waals surface area contributed by atoms with Gasteiger partial charge in [-0.1, -0.05) is 41.7 Å². The maximum Gasteiger partial charge on any atom is 0.251 e. The van der Waals surface area contributed by atoms with Gasteiger partial charge in [-0.3, -0.25) is 4.79 Å². The van der Waals surface area contributed by atoms with Gasteiger partial charge in [0, 0.05) is 24.1 Å². The summed E-state index contributed by atoms with van der Waals surface area (Å²) >= 11 is 3.03. The van der Waals surface area contributed by atoms with E-state index < -0.39 is 0 Å². The summed E-state index contributed by atoms with van der Waals surface area (Å²) in [4.78, 5) is 20.2. The minimum Gasteiger partial charge on any atom is -0.378 e. The second kappa shape index (κ2) is 11.3. The molecule has 0 atom stereocenters. The number of hydrogen-bond acceptors (Lipinski definition) is 5. The monoisotopic (exact) mass is 401 g/mol. The van der Waals surface area contributed by atoms with Gasteiger partial charge < -0.3 is 16.8 Å². The highest BCUT2D eigenvalue weighted by molar-refractivity contribution is 8.14. The second-order valence-corrected chi connectivity index (χ2v) is 7.64. The fourth-order valence-electron chi connectivity index (χ4n) is 2.07. The molecule has 0 aliphatic heterocycles. The van der Waals surface area contributed by atoms with E-state index in [1.54, 1.807) is 31.3 Å². The molecule has 0 aliphatic carbocycles. The van der Waals surface area contributed by atoms with Crippen molar-refractivity contribution in [3.63, 3.8) is 0 Å². The van der Waals surface area contributed by atoms with Gasteiger partial charge in [0.1, 0.15) is 0 Å². The number of hydrogen-bond donors (Lipinski definition) is 3. The van der Waals surface area contributed by atoms with E-state index in [9.17, 15) is 4.79 Å². The molecule has 0 radical (unpaired) electrons. The normalized spacial score (nSPS) is 12.0. The number of amidine groups is 2. The first-order valence-corrected chi connectivity index (χ1v) is 10.4. The van der Waals surface area contributed by atoms with Crippen molar-refractivity contribution in [2.75, 3.05) is 18.6 Å². The summed E-state index contributed by atoms with van der Waals surface area (Å²) < 4.78 is 0. The van der Waals surface area contributed by atoms with E-state index in [2.05, 4.69) is 15.3 Å². The molecule has 0 bridgehead atoms. The van der Waals surface area contributed by atoms with Crippen molar-refractivity contribution < 1.29 is 4.79 Å². The van der Waals surface area contributed by atoms with Gasteiger partial charge >= 0.3 is 0 Å². The van der Waals surface area contributed by atoms with Gasteiger partial charge in [-0.25, -0.2) is 9.98 Å². The standard InChI is InChI=1S/C19H23N5OS2/c1-22-17(25)14-8-10-16(11-9-14)24-19(21)27-13-5-12-26-18(20)23-15-6-3-2-4-7-15/h2-4,6-11H,5,12-13H2,1H3,(H2,20,23)(H2,21,24)(H,22,25). The molecule has 0 saturated carbocycles. The molecule has 2 aromatic carbocycles. The Bertz CT molecular complexity index is 792. The summed E-state index contributed by atoms with van der Waals surface area (Å²) in [5.41, 5.74) is 14.0. The van der Waals surface area contributed by atoms with Gasteiger partial charge in [-0.2, -0.15) is 0 Å². The third-order valence-electron chi connectivity index (χ3n) is 3.38. The number of amides is 1. The van der Waals surface area contributed by atoms with Crippen LogP contribution in [-0.4, -0.2) is 34.8 Å². The largest absolute Gasteiger partial charge is 0.378 e. The van der Waals surface area contributed by atoms with E-state index in [1.165, 1.54) is 23.5 Å². The molecule has 2 rings (SSSR count). The highest BCUT2D eigenvalue weighted by Crippen LogP contribution is 2.17. The summed E-state index contributed by atoms with van der Waals surface area (Å²) in [7, 11) is 1.60. The molecule has 2 aromatic rings. The molecule has 1 amide bonds. The van der Waals surface area contributed by atoms with Crippen molar-refractivity contribution in [2.45, 2.75) is 6.42 Å². The minimum absolute atomic E-state index is 0.125. The molecule has 0 saturated heterocycles. The molecule has 0 fully saturated rings. The van der Waals surface area contributed by atoms with Crippen molar-refractivity contribution >= 4 is 51.1 Å². The maximum absolute atomic E-state index is 11.5. The Morgan fingerprint density at radius 2 is 1.41 bits per heavy atom. The van der Waals surface area contributed by atoms with Gasteiger partial charge in [0.25, 0.3) is 5.91 Å². The van der Waals surface area contributed by atoms with Crippen molar-refractivity contribution in [1.82, 2.24) is 5.32 Å². The Kier molecular flexibility index (Phi) is 8.73. The number of nitrogens with one attached hydrogen (secondary N) is 1. The highest BCUT2D eigenvalue weighted by atomic mass is 32.2. The Labute approximate surface area is 167 Å². The molecule has 142 valence electrons. The Hall–Kier alpha value is -2.45. The van der Waals surface area contributed by atoms with Crippen LogP contribution in [0.2, 0.25) is 0 Å². The zero-order valence-corrected chi connectivity index (χ0v) is 16.7. The molecule has 27 heavy (non-hydrogen) atoms. The molecule has 0 aromatic heterocycles. The van der Waals surface area contributed by atoms with E-state index in [0.29, 0.717) is 15.9 Å². The predicted molar refractivity (Wildman–Crippen MR) is 118 cm³/mol. The summed E-state index contributed by atoms with van der Waals surface area (Å²) in [6, 6.07) is 16.6. The second-order valence-electron chi connectivity index (χ2n) is 5.41. The van der Waals surface area contributed by atoms with Crippen molar-refractivity contribution in [2.24, 2.45) is 21.5 Å². The lowest BCUT2D eigenvalue weighted by molar-refractivity contribution is 0.0963.